The van der Waals surface area contributed by atoms with Crippen molar-refractivity contribution >= 4 is 17.6 Å². The lowest BCUT2D eigenvalue weighted by atomic mass is 10.1. The molecule has 0 unspecified atom stereocenters. The Labute approximate surface area is 112 Å². The van der Waals surface area contributed by atoms with Crippen LogP contribution >= 0.6 is 0 Å². The van der Waals surface area contributed by atoms with Gasteiger partial charge in [0.15, 0.2) is 0 Å². The van der Waals surface area contributed by atoms with Crippen molar-refractivity contribution in [2.24, 2.45) is 0 Å². The zero-order valence-electron chi connectivity index (χ0n) is 11.2. The molecule has 2 N–H and O–H groups in total. The molecule has 1 aromatic carbocycles. The van der Waals surface area contributed by atoms with Gasteiger partial charge in [-0.15, -0.1) is 0 Å². The Morgan fingerprint density at radius 1 is 1.37 bits per heavy atom. The van der Waals surface area contributed by atoms with Crippen LogP contribution in [0.25, 0.3) is 0 Å². The molecule has 1 fully saturated rings. The number of nitrogens with one attached hydrogen (secondary N) is 2. The van der Waals surface area contributed by atoms with Gasteiger partial charge in [-0.25, -0.2) is 4.79 Å². The second kappa shape index (κ2) is 5.84. The van der Waals surface area contributed by atoms with Gasteiger partial charge in [-0.05, 0) is 31.9 Å². The van der Waals surface area contributed by atoms with Gasteiger partial charge in [0.1, 0.15) is 0 Å². The maximum atomic E-state index is 11.8. The van der Waals surface area contributed by atoms with E-state index >= 15 is 0 Å². The Hall–Kier alpha value is -1.88. The van der Waals surface area contributed by atoms with Crippen molar-refractivity contribution in [3.63, 3.8) is 0 Å². The van der Waals surface area contributed by atoms with E-state index in [2.05, 4.69) is 10.6 Å². The van der Waals surface area contributed by atoms with Gasteiger partial charge in [0.05, 0.1) is 24.9 Å². The fourth-order valence-corrected chi connectivity index (χ4v) is 1.76. The van der Waals surface area contributed by atoms with Crippen LogP contribution in [0.2, 0.25) is 0 Å². The molecule has 5 heteroatoms. The number of benzene rings is 1. The zero-order chi connectivity index (χ0) is 13.8. The third-order valence-corrected chi connectivity index (χ3v) is 2.98. The fraction of sp³-hybridized carbons (Fsp3) is 0.429. The first kappa shape index (κ1) is 13.5. The summed E-state index contributed by atoms with van der Waals surface area (Å²) in [6, 6.07) is 5.74. The summed E-state index contributed by atoms with van der Waals surface area (Å²) in [6.45, 7) is 2.14. The first-order valence-electron chi connectivity index (χ1n) is 6.32. The molecule has 0 saturated heterocycles. The number of aryl methyl sites for hydroxylation is 1. The van der Waals surface area contributed by atoms with E-state index in [1.807, 2.05) is 13.0 Å². The maximum Gasteiger partial charge on any atom is 0.339 e. The topological polar surface area (TPSA) is 67.4 Å². The highest BCUT2D eigenvalue weighted by molar-refractivity contribution is 6.01. The molecule has 1 aliphatic rings. The first-order chi connectivity index (χ1) is 9.10. The normalized spacial score (nSPS) is 14.0. The summed E-state index contributed by atoms with van der Waals surface area (Å²) >= 11 is 0. The molecule has 5 nitrogen and oxygen atoms in total. The predicted octanol–water partition coefficient (Wildman–Crippen LogP) is 1.47. The maximum absolute atomic E-state index is 11.8. The van der Waals surface area contributed by atoms with Crippen LogP contribution in [0.3, 0.4) is 0 Å². The lowest BCUT2D eigenvalue weighted by Crippen LogP contribution is -2.30. The van der Waals surface area contributed by atoms with Crippen LogP contribution in [0.15, 0.2) is 18.2 Å². The summed E-state index contributed by atoms with van der Waals surface area (Å²) in [5, 5.41) is 5.86. The summed E-state index contributed by atoms with van der Waals surface area (Å²) in [7, 11) is 1.32. The standard InChI is InChI=1S/C14H18N2O3/c1-9-3-6-12(11(7-9)14(18)19-2)16-13(17)8-15-10-4-5-10/h3,6-7,10,15H,4-5,8H2,1-2H3,(H,16,17). The summed E-state index contributed by atoms with van der Waals surface area (Å²) in [6.07, 6.45) is 2.26. The number of esters is 1. The number of rotatable bonds is 5. The van der Waals surface area contributed by atoms with E-state index in [9.17, 15) is 9.59 Å². The smallest absolute Gasteiger partial charge is 0.339 e. The van der Waals surface area contributed by atoms with Crippen LogP contribution in [-0.4, -0.2) is 31.6 Å². The predicted molar refractivity (Wildman–Crippen MR) is 72.2 cm³/mol. The summed E-state index contributed by atoms with van der Waals surface area (Å²) < 4.78 is 4.72. The van der Waals surface area contributed by atoms with Crippen LogP contribution in [0.4, 0.5) is 5.69 Å². The first-order valence-corrected chi connectivity index (χ1v) is 6.32. The Kier molecular flexibility index (Phi) is 4.16. The van der Waals surface area contributed by atoms with Gasteiger partial charge in [-0.1, -0.05) is 11.6 Å². The molecule has 1 saturated carbocycles. The molecule has 0 aromatic heterocycles. The number of methoxy groups -OCH3 is 1. The van der Waals surface area contributed by atoms with Gasteiger partial charge in [-0.2, -0.15) is 0 Å². The summed E-state index contributed by atoms with van der Waals surface area (Å²) in [5.74, 6) is -0.602. The molecule has 2 rings (SSSR count). The largest absolute Gasteiger partial charge is 0.465 e. The minimum atomic E-state index is -0.450. The van der Waals surface area contributed by atoms with E-state index in [4.69, 9.17) is 4.74 Å². The van der Waals surface area contributed by atoms with Crippen molar-refractivity contribution < 1.29 is 14.3 Å². The number of amides is 1. The number of hydrogen-bond donors (Lipinski definition) is 2. The molecular formula is C14H18N2O3. The quantitative estimate of drug-likeness (QED) is 0.789. The molecule has 0 spiro atoms. The minimum absolute atomic E-state index is 0.152. The highest BCUT2D eigenvalue weighted by Crippen LogP contribution is 2.19. The van der Waals surface area contributed by atoms with Gasteiger partial charge < -0.3 is 15.4 Å². The SMILES string of the molecule is COC(=O)c1cc(C)ccc1NC(=O)CNC1CC1. The average Bonchev–Trinajstić information content (AvgIpc) is 3.21. The van der Waals surface area contributed by atoms with Crippen LogP contribution < -0.4 is 10.6 Å². The third kappa shape index (κ3) is 3.79. The van der Waals surface area contributed by atoms with Crippen molar-refractivity contribution in [2.75, 3.05) is 19.0 Å². The lowest BCUT2D eigenvalue weighted by molar-refractivity contribution is -0.115. The molecule has 1 aliphatic carbocycles. The zero-order valence-corrected chi connectivity index (χ0v) is 11.2. The Bertz CT molecular complexity index is 495. The van der Waals surface area contributed by atoms with Gasteiger partial charge in [0.2, 0.25) is 5.91 Å². The fourth-order valence-electron chi connectivity index (χ4n) is 1.76. The highest BCUT2D eigenvalue weighted by atomic mass is 16.5. The van der Waals surface area contributed by atoms with Crippen LogP contribution in [0, 0.1) is 6.92 Å². The summed E-state index contributed by atoms with van der Waals surface area (Å²) in [5.41, 5.74) is 1.80. The van der Waals surface area contributed by atoms with Gasteiger partial charge in [0.25, 0.3) is 0 Å². The van der Waals surface area contributed by atoms with Gasteiger partial charge in [-0.3, -0.25) is 4.79 Å². The van der Waals surface area contributed by atoms with E-state index < -0.39 is 5.97 Å². The monoisotopic (exact) mass is 262 g/mol. The van der Waals surface area contributed by atoms with E-state index in [0.29, 0.717) is 17.3 Å². The van der Waals surface area contributed by atoms with Crippen LogP contribution in [0.5, 0.6) is 0 Å². The number of carbonyl (C=O) groups excluding carboxylic acids is 2. The van der Waals surface area contributed by atoms with Crippen LogP contribution in [-0.2, 0) is 9.53 Å². The average molecular weight is 262 g/mol. The minimum Gasteiger partial charge on any atom is -0.465 e. The Balaban J connectivity index is 2.05. The van der Waals surface area contributed by atoms with Crippen molar-refractivity contribution in [3.05, 3.63) is 29.3 Å². The number of carbonyl (C=O) groups is 2. The van der Waals surface area contributed by atoms with E-state index in [0.717, 1.165) is 18.4 Å². The second-order valence-electron chi connectivity index (χ2n) is 4.74. The van der Waals surface area contributed by atoms with E-state index in [1.54, 1.807) is 12.1 Å². The molecule has 102 valence electrons. The Morgan fingerprint density at radius 2 is 2.11 bits per heavy atom. The van der Waals surface area contributed by atoms with Crippen LogP contribution in [0.1, 0.15) is 28.8 Å². The molecule has 0 heterocycles. The number of anilines is 1. The molecule has 0 aliphatic heterocycles. The molecule has 19 heavy (non-hydrogen) atoms. The molecule has 1 amide bonds. The Morgan fingerprint density at radius 3 is 2.74 bits per heavy atom. The van der Waals surface area contributed by atoms with Crippen molar-refractivity contribution in [2.45, 2.75) is 25.8 Å². The van der Waals surface area contributed by atoms with Crippen molar-refractivity contribution in [1.82, 2.24) is 5.32 Å². The number of ether oxygens (including phenoxy) is 1. The molecule has 0 bridgehead atoms. The number of hydrogen-bond acceptors (Lipinski definition) is 4. The van der Waals surface area contributed by atoms with Crippen molar-refractivity contribution in [3.8, 4) is 0 Å². The summed E-state index contributed by atoms with van der Waals surface area (Å²) in [4.78, 5) is 23.4. The van der Waals surface area contributed by atoms with E-state index in [-0.39, 0.29) is 12.5 Å². The van der Waals surface area contributed by atoms with Gasteiger partial charge >= 0.3 is 5.97 Å². The van der Waals surface area contributed by atoms with E-state index in [1.165, 1.54) is 7.11 Å². The molecular weight excluding hydrogens is 244 g/mol. The molecule has 0 atom stereocenters. The van der Waals surface area contributed by atoms with Gasteiger partial charge in [0, 0.05) is 6.04 Å². The third-order valence-electron chi connectivity index (χ3n) is 2.98. The lowest BCUT2D eigenvalue weighted by Gasteiger charge is -2.11. The molecule has 1 aromatic rings. The molecule has 0 radical (unpaired) electrons. The second-order valence-corrected chi connectivity index (χ2v) is 4.74. The highest BCUT2D eigenvalue weighted by Gasteiger charge is 2.21. The van der Waals surface area contributed by atoms with Crippen molar-refractivity contribution in [1.29, 1.82) is 0 Å².